The van der Waals surface area contributed by atoms with Crippen molar-refractivity contribution in [2.24, 2.45) is 5.73 Å². The van der Waals surface area contributed by atoms with Crippen LogP contribution in [0.1, 0.15) is 43.7 Å². The molecule has 0 radical (unpaired) electrons. The van der Waals surface area contributed by atoms with E-state index in [0.717, 1.165) is 33.5 Å². The Morgan fingerprint density at radius 2 is 1.93 bits per heavy atom. The minimum atomic E-state index is 0.0813. The van der Waals surface area contributed by atoms with E-state index in [-0.39, 0.29) is 5.84 Å². The van der Waals surface area contributed by atoms with Crippen LogP contribution in [0.4, 0.5) is 0 Å². The van der Waals surface area contributed by atoms with Gasteiger partial charge in [0.1, 0.15) is 11.7 Å². The van der Waals surface area contributed by atoms with Crippen LogP contribution in [-0.4, -0.2) is 20.4 Å². The number of H-pyrrole nitrogens is 1. The molecule has 0 saturated heterocycles. The summed E-state index contributed by atoms with van der Waals surface area (Å²) in [6, 6.07) is 14.8. The molecule has 1 saturated carbocycles. The smallest absolute Gasteiger partial charge is 0.143 e. The molecular formula is C22H23N5. The zero-order chi connectivity index (χ0) is 18.4. The van der Waals surface area contributed by atoms with E-state index in [2.05, 4.69) is 40.0 Å². The molecule has 1 aliphatic rings. The number of fused-ring (bicyclic) bond motifs is 2. The van der Waals surface area contributed by atoms with E-state index >= 15 is 0 Å². The van der Waals surface area contributed by atoms with Crippen molar-refractivity contribution >= 4 is 27.8 Å². The van der Waals surface area contributed by atoms with Crippen molar-refractivity contribution in [3.8, 4) is 11.4 Å². The number of aromatic amines is 1. The summed E-state index contributed by atoms with van der Waals surface area (Å²) in [5.74, 6) is 1.09. The van der Waals surface area contributed by atoms with Crippen molar-refractivity contribution in [3.63, 3.8) is 0 Å². The van der Waals surface area contributed by atoms with Gasteiger partial charge in [-0.3, -0.25) is 5.41 Å². The lowest BCUT2D eigenvalue weighted by Gasteiger charge is -2.25. The van der Waals surface area contributed by atoms with Gasteiger partial charge < -0.3 is 15.3 Å². The summed E-state index contributed by atoms with van der Waals surface area (Å²) in [6.45, 7) is 0. The second-order valence-electron chi connectivity index (χ2n) is 7.46. The first-order chi connectivity index (χ1) is 13.2. The normalized spacial score (nSPS) is 15.6. The standard InChI is InChI=1S/C22H23N5/c23-21(24)14-10-11-20-19(12-14)26-22(27(20)15-6-2-1-3-7-15)17-13-25-18-9-5-4-8-16(17)18/h4-5,8-13,15,25H,1-3,6-7H2,(H3,23,24). The first-order valence-corrected chi connectivity index (χ1v) is 9.65. The highest BCUT2D eigenvalue weighted by Gasteiger charge is 2.23. The van der Waals surface area contributed by atoms with Crippen LogP contribution in [0.5, 0.6) is 0 Å². The van der Waals surface area contributed by atoms with E-state index in [1.165, 1.54) is 37.5 Å². The maximum Gasteiger partial charge on any atom is 0.143 e. The van der Waals surface area contributed by atoms with Gasteiger partial charge in [-0.1, -0.05) is 37.5 Å². The predicted molar refractivity (Wildman–Crippen MR) is 110 cm³/mol. The third-order valence-electron chi connectivity index (χ3n) is 5.77. The Hall–Kier alpha value is -3.08. The zero-order valence-electron chi connectivity index (χ0n) is 15.2. The van der Waals surface area contributed by atoms with Crippen LogP contribution in [0.2, 0.25) is 0 Å². The fourth-order valence-corrected chi connectivity index (χ4v) is 4.42. The van der Waals surface area contributed by atoms with E-state index in [1.54, 1.807) is 0 Å². The largest absolute Gasteiger partial charge is 0.384 e. The SMILES string of the molecule is N=C(N)c1ccc2c(c1)nc(-c1c[nH]c3ccccc13)n2C1CCCCC1. The Morgan fingerprint density at radius 1 is 1.11 bits per heavy atom. The van der Waals surface area contributed by atoms with Gasteiger partial charge in [-0.15, -0.1) is 0 Å². The van der Waals surface area contributed by atoms with E-state index in [9.17, 15) is 0 Å². The average Bonchev–Trinajstić information content (AvgIpc) is 3.29. The number of nitrogens with one attached hydrogen (secondary N) is 2. The van der Waals surface area contributed by atoms with Crippen LogP contribution in [0.15, 0.2) is 48.7 Å². The predicted octanol–water partition coefficient (Wildman–Crippen LogP) is 4.97. The first kappa shape index (κ1) is 16.1. The summed E-state index contributed by atoms with van der Waals surface area (Å²) in [6.07, 6.45) is 8.30. The van der Waals surface area contributed by atoms with E-state index in [1.807, 2.05) is 18.2 Å². The van der Waals surface area contributed by atoms with Crippen LogP contribution >= 0.6 is 0 Å². The van der Waals surface area contributed by atoms with Crippen molar-refractivity contribution < 1.29 is 0 Å². The molecule has 4 aromatic rings. The van der Waals surface area contributed by atoms with Gasteiger partial charge in [0.05, 0.1) is 11.0 Å². The molecule has 27 heavy (non-hydrogen) atoms. The molecule has 2 aromatic heterocycles. The molecule has 5 rings (SSSR count). The molecule has 0 spiro atoms. The fraction of sp³-hybridized carbons (Fsp3) is 0.273. The van der Waals surface area contributed by atoms with E-state index in [4.69, 9.17) is 16.1 Å². The molecule has 0 atom stereocenters. The quantitative estimate of drug-likeness (QED) is 0.357. The van der Waals surface area contributed by atoms with Crippen molar-refractivity contribution in [1.82, 2.24) is 14.5 Å². The number of nitrogens with two attached hydrogens (primary N) is 1. The van der Waals surface area contributed by atoms with Gasteiger partial charge in [0.15, 0.2) is 0 Å². The number of nitrogens with zero attached hydrogens (tertiary/aromatic N) is 2. The molecule has 0 unspecified atom stereocenters. The summed E-state index contributed by atoms with van der Waals surface area (Å²) in [5, 5.41) is 8.94. The second kappa shape index (κ2) is 6.27. The summed E-state index contributed by atoms with van der Waals surface area (Å²) in [7, 11) is 0. The Bertz CT molecular complexity index is 1140. The van der Waals surface area contributed by atoms with E-state index < -0.39 is 0 Å². The zero-order valence-corrected chi connectivity index (χ0v) is 15.2. The number of hydrogen-bond acceptors (Lipinski definition) is 2. The fourth-order valence-electron chi connectivity index (χ4n) is 4.42. The van der Waals surface area contributed by atoms with Crippen LogP contribution in [0.25, 0.3) is 33.3 Å². The first-order valence-electron chi connectivity index (χ1n) is 9.65. The lowest BCUT2D eigenvalue weighted by Crippen LogP contribution is -2.14. The molecular weight excluding hydrogens is 334 g/mol. The van der Waals surface area contributed by atoms with Crippen molar-refractivity contribution in [2.45, 2.75) is 38.1 Å². The lowest BCUT2D eigenvalue weighted by molar-refractivity contribution is 0.362. The van der Waals surface area contributed by atoms with Crippen molar-refractivity contribution in [3.05, 3.63) is 54.2 Å². The van der Waals surface area contributed by atoms with Crippen LogP contribution in [0.3, 0.4) is 0 Å². The molecule has 2 aromatic carbocycles. The maximum atomic E-state index is 7.75. The highest BCUT2D eigenvalue weighted by Crippen LogP contribution is 2.38. The van der Waals surface area contributed by atoms with Gasteiger partial charge in [0.25, 0.3) is 0 Å². The van der Waals surface area contributed by atoms with Crippen LogP contribution < -0.4 is 5.73 Å². The Kier molecular flexibility index (Phi) is 3.74. The number of amidine groups is 1. The van der Waals surface area contributed by atoms with Gasteiger partial charge in [-0.25, -0.2) is 4.98 Å². The third kappa shape index (κ3) is 2.62. The molecule has 1 aliphatic carbocycles. The maximum absolute atomic E-state index is 7.75. The molecule has 5 heteroatoms. The highest BCUT2D eigenvalue weighted by molar-refractivity contribution is 6.00. The van der Waals surface area contributed by atoms with Gasteiger partial charge in [0, 0.05) is 34.3 Å². The number of hydrogen-bond donors (Lipinski definition) is 3. The highest BCUT2D eigenvalue weighted by atomic mass is 15.1. The minimum Gasteiger partial charge on any atom is -0.384 e. The molecule has 0 aliphatic heterocycles. The molecule has 5 nitrogen and oxygen atoms in total. The lowest BCUT2D eigenvalue weighted by atomic mass is 9.94. The minimum absolute atomic E-state index is 0.0813. The summed E-state index contributed by atoms with van der Waals surface area (Å²) >= 11 is 0. The molecule has 0 bridgehead atoms. The van der Waals surface area contributed by atoms with Gasteiger partial charge in [-0.2, -0.15) is 0 Å². The molecule has 1 fully saturated rings. The third-order valence-corrected chi connectivity index (χ3v) is 5.77. The summed E-state index contributed by atoms with van der Waals surface area (Å²) in [4.78, 5) is 8.40. The monoisotopic (exact) mass is 357 g/mol. The van der Waals surface area contributed by atoms with Crippen molar-refractivity contribution in [2.75, 3.05) is 0 Å². The second-order valence-corrected chi connectivity index (χ2v) is 7.46. The summed E-state index contributed by atoms with van der Waals surface area (Å²) in [5.41, 5.74) is 10.7. The van der Waals surface area contributed by atoms with Gasteiger partial charge >= 0.3 is 0 Å². The Labute approximate surface area is 157 Å². The Balaban J connectivity index is 1.77. The van der Waals surface area contributed by atoms with E-state index in [0.29, 0.717) is 6.04 Å². The number of nitrogen functional groups attached to an aromatic ring is 1. The Morgan fingerprint density at radius 3 is 2.74 bits per heavy atom. The number of rotatable bonds is 3. The molecule has 136 valence electrons. The van der Waals surface area contributed by atoms with Gasteiger partial charge in [-0.05, 0) is 37.1 Å². The number of para-hydroxylation sites is 1. The molecule has 2 heterocycles. The van der Waals surface area contributed by atoms with Crippen LogP contribution in [-0.2, 0) is 0 Å². The number of imidazole rings is 1. The number of benzene rings is 2. The molecule has 4 N–H and O–H groups in total. The van der Waals surface area contributed by atoms with Crippen LogP contribution in [0, 0.1) is 5.41 Å². The van der Waals surface area contributed by atoms with Gasteiger partial charge in [0.2, 0.25) is 0 Å². The molecule has 0 amide bonds. The average molecular weight is 357 g/mol. The summed E-state index contributed by atoms with van der Waals surface area (Å²) < 4.78 is 2.42. The van der Waals surface area contributed by atoms with Crippen molar-refractivity contribution in [1.29, 1.82) is 5.41 Å². The topological polar surface area (TPSA) is 83.5 Å². The number of aromatic nitrogens is 3.